The highest BCUT2D eigenvalue weighted by molar-refractivity contribution is 5.00. The van der Waals surface area contributed by atoms with E-state index in [1.54, 1.807) is 0 Å². The normalized spacial score (nSPS) is 17.9. The number of rotatable bonds is 4. The molecular weight excluding hydrogens is 200 g/mol. The second kappa shape index (κ2) is 5.43. The van der Waals surface area contributed by atoms with Crippen LogP contribution in [0.3, 0.4) is 0 Å². The van der Waals surface area contributed by atoms with Gasteiger partial charge in [-0.05, 0) is 25.8 Å². The Bertz CT molecular complexity index is 326. The molecule has 0 spiro atoms. The molecule has 0 saturated heterocycles. The van der Waals surface area contributed by atoms with Gasteiger partial charge < -0.3 is 5.73 Å². The third-order valence-corrected chi connectivity index (χ3v) is 3.44. The fourth-order valence-electron chi connectivity index (χ4n) is 2.45. The van der Waals surface area contributed by atoms with Crippen LogP contribution in [0.25, 0.3) is 0 Å². The summed E-state index contributed by atoms with van der Waals surface area (Å²) in [5.41, 5.74) is 5.52. The molecular formula is C12H22N4. The molecule has 1 aromatic heterocycles. The summed E-state index contributed by atoms with van der Waals surface area (Å²) >= 11 is 0. The first kappa shape index (κ1) is 11.6. The maximum atomic E-state index is 5.52. The summed E-state index contributed by atoms with van der Waals surface area (Å²) in [4.78, 5) is 4.67. The molecule has 1 fully saturated rings. The zero-order chi connectivity index (χ0) is 11.4. The molecule has 1 heterocycles. The van der Waals surface area contributed by atoms with Crippen LogP contribution in [0, 0.1) is 0 Å². The molecule has 0 amide bonds. The highest BCUT2D eigenvalue weighted by Gasteiger charge is 2.20. The van der Waals surface area contributed by atoms with E-state index in [9.17, 15) is 0 Å². The summed E-state index contributed by atoms with van der Waals surface area (Å²) in [6, 6.07) is 0. The lowest BCUT2D eigenvalue weighted by Crippen LogP contribution is -2.06. The van der Waals surface area contributed by atoms with Gasteiger partial charge in [0.15, 0.2) is 5.82 Å². The number of hydrogen-bond donors (Lipinski definition) is 1. The molecule has 0 bridgehead atoms. The number of hydrogen-bond acceptors (Lipinski definition) is 3. The van der Waals surface area contributed by atoms with E-state index in [0.29, 0.717) is 5.92 Å². The van der Waals surface area contributed by atoms with Gasteiger partial charge in [0.25, 0.3) is 0 Å². The monoisotopic (exact) mass is 222 g/mol. The van der Waals surface area contributed by atoms with Crippen LogP contribution in [-0.2, 0) is 13.5 Å². The van der Waals surface area contributed by atoms with E-state index in [1.165, 1.54) is 32.1 Å². The Morgan fingerprint density at radius 2 is 2.06 bits per heavy atom. The van der Waals surface area contributed by atoms with E-state index in [0.717, 1.165) is 31.0 Å². The third kappa shape index (κ3) is 2.61. The first-order valence-electron chi connectivity index (χ1n) is 6.41. The van der Waals surface area contributed by atoms with Crippen molar-refractivity contribution in [3.8, 4) is 0 Å². The SMILES string of the molecule is Cn1nc(C2CCCCC2)nc1CCCN. The Kier molecular flexibility index (Phi) is 3.93. The minimum Gasteiger partial charge on any atom is -0.330 e. The summed E-state index contributed by atoms with van der Waals surface area (Å²) in [6.07, 6.45) is 8.52. The Balaban J connectivity index is 2.03. The number of nitrogens with two attached hydrogens (primary N) is 1. The van der Waals surface area contributed by atoms with Crippen LogP contribution in [0.5, 0.6) is 0 Å². The predicted molar refractivity (Wildman–Crippen MR) is 64.2 cm³/mol. The molecule has 16 heavy (non-hydrogen) atoms. The van der Waals surface area contributed by atoms with Crippen LogP contribution >= 0.6 is 0 Å². The number of aryl methyl sites for hydroxylation is 2. The predicted octanol–water partition coefficient (Wildman–Crippen LogP) is 1.75. The molecule has 1 aromatic rings. The van der Waals surface area contributed by atoms with Gasteiger partial charge in [0.05, 0.1) is 0 Å². The molecule has 0 aliphatic heterocycles. The van der Waals surface area contributed by atoms with Crippen molar-refractivity contribution in [3.63, 3.8) is 0 Å². The molecule has 2 rings (SSSR count). The van der Waals surface area contributed by atoms with E-state index in [2.05, 4.69) is 10.1 Å². The first-order chi connectivity index (χ1) is 7.81. The Hall–Kier alpha value is -0.900. The lowest BCUT2D eigenvalue weighted by Gasteiger charge is -2.18. The van der Waals surface area contributed by atoms with Crippen LogP contribution in [0.2, 0.25) is 0 Å². The summed E-state index contributed by atoms with van der Waals surface area (Å²) in [5.74, 6) is 2.76. The minimum atomic E-state index is 0.603. The van der Waals surface area contributed by atoms with Crippen molar-refractivity contribution in [2.24, 2.45) is 12.8 Å². The Labute approximate surface area is 97.2 Å². The van der Waals surface area contributed by atoms with Gasteiger partial charge in [-0.25, -0.2) is 4.98 Å². The van der Waals surface area contributed by atoms with Crippen molar-refractivity contribution in [3.05, 3.63) is 11.6 Å². The molecule has 0 aromatic carbocycles. The van der Waals surface area contributed by atoms with Crippen LogP contribution in [0.15, 0.2) is 0 Å². The number of nitrogens with zero attached hydrogens (tertiary/aromatic N) is 3. The van der Waals surface area contributed by atoms with Gasteiger partial charge in [0.1, 0.15) is 5.82 Å². The Morgan fingerprint density at radius 3 is 2.75 bits per heavy atom. The van der Waals surface area contributed by atoms with Gasteiger partial charge in [-0.2, -0.15) is 5.10 Å². The standard InChI is InChI=1S/C12H22N4/c1-16-11(8-5-9-13)14-12(15-16)10-6-3-2-4-7-10/h10H,2-9,13H2,1H3. The topological polar surface area (TPSA) is 56.7 Å². The lowest BCUT2D eigenvalue weighted by atomic mass is 9.89. The van der Waals surface area contributed by atoms with Gasteiger partial charge in [0.2, 0.25) is 0 Å². The van der Waals surface area contributed by atoms with Crippen LogP contribution in [-0.4, -0.2) is 21.3 Å². The third-order valence-electron chi connectivity index (χ3n) is 3.44. The van der Waals surface area contributed by atoms with Crippen molar-refractivity contribution in [2.75, 3.05) is 6.54 Å². The van der Waals surface area contributed by atoms with Crippen LogP contribution < -0.4 is 5.73 Å². The quantitative estimate of drug-likeness (QED) is 0.844. The fraction of sp³-hybridized carbons (Fsp3) is 0.833. The second-order valence-electron chi connectivity index (χ2n) is 4.74. The molecule has 1 saturated carbocycles. The number of aromatic nitrogens is 3. The van der Waals surface area contributed by atoms with E-state index in [-0.39, 0.29) is 0 Å². The lowest BCUT2D eigenvalue weighted by molar-refractivity contribution is 0.427. The summed E-state index contributed by atoms with van der Waals surface area (Å²) in [6.45, 7) is 0.728. The maximum absolute atomic E-state index is 5.52. The van der Waals surface area contributed by atoms with Gasteiger partial charge >= 0.3 is 0 Å². The molecule has 1 aliphatic carbocycles. The van der Waals surface area contributed by atoms with E-state index >= 15 is 0 Å². The molecule has 4 heteroatoms. The van der Waals surface area contributed by atoms with Crippen molar-refractivity contribution in [1.82, 2.24) is 14.8 Å². The summed E-state index contributed by atoms with van der Waals surface area (Å²) in [7, 11) is 1.99. The van der Waals surface area contributed by atoms with Crippen LogP contribution in [0.4, 0.5) is 0 Å². The average Bonchev–Trinajstić information content (AvgIpc) is 2.69. The Morgan fingerprint density at radius 1 is 1.31 bits per heavy atom. The molecule has 0 radical (unpaired) electrons. The highest BCUT2D eigenvalue weighted by atomic mass is 15.3. The van der Waals surface area contributed by atoms with E-state index in [4.69, 9.17) is 5.73 Å². The van der Waals surface area contributed by atoms with Crippen molar-refractivity contribution in [1.29, 1.82) is 0 Å². The molecule has 0 unspecified atom stereocenters. The first-order valence-corrected chi connectivity index (χ1v) is 6.41. The van der Waals surface area contributed by atoms with Crippen molar-refractivity contribution >= 4 is 0 Å². The van der Waals surface area contributed by atoms with Gasteiger partial charge in [0, 0.05) is 19.4 Å². The van der Waals surface area contributed by atoms with Gasteiger partial charge in [-0.3, -0.25) is 4.68 Å². The molecule has 1 aliphatic rings. The largest absolute Gasteiger partial charge is 0.330 e. The van der Waals surface area contributed by atoms with Crippen molar-refractivity contribution in [2.45, 2.75) is 50.9 Å². The fourth-order valence-corrected chi connectivity index (χ4v) is 2.45. The molecule has 2 N–H and O–H groups in total. The smallest absolute Gasteiger partial charge is 0.154 e. The zero-order valence-corrected chi connectivity index (χ0v) is 10.2. The minimum absolute atomic E-state index is 0.603. The van der Waals surface area contributed by atoms with E-state index in [1.807, 2.05) is 11.7 Å². The second-order valence-corrected chi connectivity index (χ2v) is 4.74. The molecule has 4 nitrogen and oxygen atoms in total. The highest BCUT2D eigenvalue weighted by Crippen LogP contribution is 2.30. The van der Waals surface area contributed by atoms with Gasteiger partial charge in [-0.1, -0.05) is 19.3 Å². The van der Waals surface area contributed by atoms with Crippen LogP contribution in [0.1, 0.15) is 56.1 Å². The maximum Gasteiger partial charge on any atom is 0.154 e. The molecule has 0 atom stereocenters. The van der Waals surface area contributed by atoms with E-state index < -0.39 is 0 Å². The molecule has 90 valence electrons. The van der Waals surface area contributed by atoms with Crippen molar-refractivity contribution < 1.29 is 0 Å². The zero-order valence-electron chi connectivity index (χ0n) is 10.2. The summed E-state index contributed by atoms with van der Waals surface area (Å²) < 4.78 is 1.93. The summed E-state index contributed by atoms with van der Waals surface area (Å²) in [5, 5.41) is 4.55. The average molecular weight is 222 g/mol. The van der Waals surface area contributed by atoms with Gasteiger partial charge in [-0.15, -0.1) is 0 Å².